The number of hydrogen-bond acceptors (Lipinski definition) is 6. The first-order chi connectivity index (χ1) is 17.2. The molecule has 1 saturated heterocycles. The first-order valence-electron chi connectivity index (χ1n) is 11.7. The zero-order valence-electron chi connectivity index (χ0n) is 19.7. The lowest BCUT2D eigenvalue weighted by Gasteiger charge is -2.25. The van der Waals surface area contributed by atoms with E-state index < -0.39 is 0 Å². The number of methoxy groups -OCH3 is 1. The quantitative estimate of drug-likeness (QED) is 0.387. The molecule has 0 saturated carbocycles. The Morgan fingerprint density at radius 3 is 2.89 bits per heavy atom. The lowest BCUT2D eigenvalue weighted by Crippen LogP contribution is -2.36. The van der Waals surface area contributed by atoms with Crippen LogP contribution in [0.5, 0.6) is 11.5 Å². The van der Waals surface area contributed by atoms with Gasteiger partial charge in [0.2, 0.25) is 0 Å². The highest BCUT2D eigenvalue weighted by Gasteiger charge is 2.27. The number of ether oxygens (including phenoxy) is 3. The number of furan rings is 1. The lowest BCUT2D eigenvalue weighted by molar-refractivity contribution is 0.0731. The van der Waals surface area contributed by atoms with E-state index in [2.05, 4.69) is 11.1 Å². The summed E-state index contributed by atoms with van der Waals surface area (Å²) in [6.45, 7) is 2.43. The molecule has 0 bridgehead atoms. The second-order valence-electron chi connectivity index (χ2n) is 8.59. The van der Waals surface area contributed by atoms with Crippen LogP contribution in [0.3, 0.4) is 0 Å². The maximum atomic E-state index is 13.7. The Morgan fingerprint density at radius 1 is 1.11 bits per heavy atom. The van der Waals surface area contributed by atoms with Crippen molar-refractivity contribution < 1.29 is 23.4 Å². The molecule has 35 heavy (non-hydrogen) atoms. The Morgan fingerprint density at radius 2 is 2.03 bits per heavy atom. The van der Waals surface area contributed by atoms with Crippen LogP contribution in [0.15, 0.2) is 77.5 Å². The molecule has 0 spiro atoms. The van der Waals surface area contributed by atoms with E-state index in [0.717, 1.165) is 23.1 Å². The lowest BCUT2D eigenvalue weighted by atomic mass is 9.97. The maximum Gasteiger partial charge on any atom is 0.257 e. The number of fused-ring (bicyclic) bond motifs is 1. The van der Waals surface area contributed by atoms with Crippen LogP contribution >= 0.6 is 0 Å². The molecule has 7 heteroatoms. The molecule has 4 aromatic rings. The van der Waals surface area contributed by atoms with Crippen LogP contribution in [-0.4, -0.2) is 49.2 Å². The number of benzene rings is 2. The van der Waals surface area contributed by atoms with Gasteiger partial charge in [-0.3, -0.25) is 9.78 Å². The standard InChI is InChI=1S/C28H28N2O5/c1-32-26-10-5-8-24(27(26)35-19-22-7-2-3-12-29-22)28(31)30-13-15-33-18-20(17-30)16-21-6-4-9-25-23(21)11-14-34-25/h2-12,14,20H,13,15-19H2,1H3/t20-/m1/s1. The number of rotatable bonds is 7. The second kappa shape index (κ2) is 10.6. The summed E-state index contributed by atoms with van der Waals surface area (Å²) in [6.07, 6.45) is 4.22. The average molecular weight is 473 g/mol. The van der Waals surface area contributed by atoms with Gasteiger partial charge in [0, 0.05) is 30.6 Å². The van der Waals surface area contributed by atoms with Gasteiger partial charge in [-0.1, -0.05) is 24.3 Å². The largest absolute Gasteiger partial charge is 0.493 e. The van der Waals surface area contributed by atoms with Crippen molar-refractivity contribution in [2.24, 2.45) is 5.92 Å². The molecule has 0 unspecified atom stereocenters. The summed E-state index contributed by atoms with van der Waals surface area (Å²) >= 11 is 0. The molecule has 0 radical (unpaired) electrons. The van der Waals surface area contributed by atoms with Gasteiger partial charge < -0.3 is 23.5 Å². The second-order valence-corrected chi connectivity index (χ2v) is 8.59. The third kappa shape index (κ3) is 5.15. The minimum atomic E-state index is -0.100. The van der Waals surface area contributed by atoms with Gasteiger partial charge in [-0.05, 0) is 48.4 Å². The van der Waals surface area contributed by atoms with Crippen molar-refractivity contribution >= 4 is 16.9 Å². The van der Waals surface area contributed by atoms with Crippen LogP contribution < -0.4 is 9.47 Å². The number of carbonyl (C=O) groups excluding carboxylic acids is 1. The summed E-state index contributed by atoms with van der Waals surface area (Å²) in [5.74, 6) is 0.999. The number of carbonyl (C=O) groups is 1. The van der Waals surface area contributed by atoms with Crippen LogP contribution in [0.1, 0.15) is 21.6 Å². The molecule has 0 N–H and O–H groups in total. The van der Waals surface area contributed by atoms with Gasteiger partial charge in [0.15, 0.2) is 11.5 Å². The van der Waals surface area contributed by atoms with Gasteiger partial charge in [-0.15, -0.1) is 0 Å². The van der Waals surface area contributed by atoms with Crippen LogP contribution in [-0.2, 0) is 17.8 Å². The molecule has 180 valence electrons. The highest BCUT2D eigenvalue weighted by atomic mass is 16.5. The first-order valence-corrected chi connectivity index (χ1v) is 11.7. The predicted molar refractivity (Wildman–Crippen MR) is 132 cm³/mol. The zero-order valence-corrected chi connectivity index (χ0v) is 19.7. The molecular formula is C28H28N2O5. The highest BCUT2D eigenvalue weighted by molar-refractivity contribution is 5.98. The third-order valence-corrected chi connectivity index (χ3v) is 6.24. The van der Waals surface area contributed by atoms with Crippen LogP contribution in [0.2, 0.25) is 0 Å². The maximum absolute atomic E-state index is 13.7. The van der Waals surface area contributed by atoms with E-state index in [-0.39, 0.29) is 18.4 Å². The molecule has 1 aliphatic rings. The number of para-hydroxylation sites is 1. The molecule has 5 rings (SSSR count). The molecule has 1 fully saturated rings. The van der Waals surface area contributed by atoms with Crippen LogP contribution in [0.25, 0.3) is 11.0 Å². The number of hydrogen-bond donors (Lipinski definition) is 0. The third-order valence-electron chi connectivity index (χ3n) is 6.24. The summed E-state index contributed by atoms with van der Waals surface area (Å²) in [5.41, 5.74) is 3.31. The zero-order chi connectivity index (χ0) is 24.0. The van der Waals surface area contributed by atoms with Gasteiger partial charge >= 0.3 is 0 Å². The van der Waals surface area contributed by atoms with Crippen molar-refractivity contribution in [3.05, 3.63) is 89.9 Å². The molecule has 1 atom stereocenters. The Kier molecular flexibility index (Phi) is 6.95. The fraction of sp³-hybridized carbons (Fsp3) is 0.286. The van der Waals surface area contributed by atoms with Crippen molar-refractivity contribution in [2.75, 3.05) is 33.4 Å². The van der Waals surface area contributed by atoms with E-state index in [4.69, 9.17) is 18.6 Å². The van der Waals surface area contributed by atoms with E-state index in [9.17, 15) is 4.79 Å². The number of aromatic nitrogens is 1. The minimum Gasteiger partial charge on any atom is -0.493 e. The molecule has 1 amide bonds. The van der Waals surface area contributed by atoms with Gasteiger partial charge in [0.1, 0.15) is 12.2 Å². The van der Waals surface area contributed by atoms with Crippen molar-refractivity contribution in [3.63, 3.8) is 0 Å². The fourth-order valence-corrected chi connectivity index (χ4v) is 4.53. The normalized spacial score (nSPS) is 16.1. The number of nitrogens with zero attached hydrogens (tertiary/aromatic N) is 2. The van der Waals surface area contributed by atoms with Gasteiger partial charge in [0.05, 0.1) is 37.8 Å². The van der Waals surface area contributed by atoms with Crippen molar-refractivity contribution in [3.8, 4) is 11.5 Å². The van der Waals surface area contributed by atoms with E-state index in [1.165, 1.54) is 5.56 Å². The van der Waals surface area contributed by atoms with Crippen LogP contribution in [0, 0.1) is 5.92 Å². The van der Waals surface area contributed by atoms with E-state index in [1.807, 2.05) is 47.4 Å². The van der Waals surface area contributed by atoms with Crippen molar-refractivity contribution in [2.45, 2.75) is 13.0 Å². The monoisotopic (exact) mass is 472 g/mol. The fourth-order valence-electron chi connectivity index (χ4n) is 4.53. The first kappa shape index (κ1) is 22.9. The Balaban J connectivity index is 1.36. The number of amides is 1. The van der Waals surface area contributed by atoms with Crippen LogP contribution in [0.4, 0.5) is 0 Å². The van der Waals surface area contributed by atoms with Gasteiger partial charge in [0.25, 0.3) is 5.91 Å². The molecule has 1 aliphatic heterocycles. The molecule has 2 aromatic carbocycles. The smallest absolute Gasteiger partial charge is 0.257 e. The highest BCUT2D eigenvalue weighted by Crippen LogP contribution is 2.33. The summed E-state index contributed by atoms with van der Waals surface area (Å²) < 4.78 is 23.0. The van der Waals surface area contributed by atoms with Gasteiger partial charge in [-0.2, -0.15) is 0 Å². The van der Waals surface area contributed by atoms with Gasteiger partial charge in [-0.25, -0.2) is 0 Å². The summed E-state index contributed by atoms with van der Waals surface area (Å²) in [7, 11) is 1.57. The summed E-state index contributed by atoms with van der Waals surface area (Å²) in [6, 6.07) is 19.1. The minimum absolute atomic E-state index is 0.100. The summed E-state index contributed by atoms with van der Waals surface area (Å²) in [5, 5.41) is 1.10. The number of pyridine rings is 1. The van der Waals surface area contributed by atoms with E-state index in [1.54, 1.807) is 31.7 Å². The molecule has 7 nitrogen and oxygen atoms in total. The van der Waals surface area contributed by atoms with Crippen molar-refractivity contribution in [1.29, 1.82) is 0 Å². The Hall–Kier alpha value is -3.84. The molecule has 0 aliphatic carbocycles. The SMILES string of the molecule is COc1cccc(C(=O)N2CCOC[C@H](Cc3cccc4occc34)C2)c1OCc1ccccn1. The van der Waals surface area contributed by atoms with Crippen molar-refractivity contribution in [1.82, 2.24) is 9.88 Å². The van der Waals surface area contributed by atoms with E-state index in [0.29, 0.717) is 43.4 Å². The Bertz CT molecular complexity index is 1290. The predicted octanol–water partition coefficient (Wildman–Crippen LogP) is 4.75. The molecular weight excluding hydrogens is 444 g/mol. The molecule has 2 aromatic heterocycles. The summed E-state index contributed by atoms with van der Waals surface area (Å²) in [4.78, 5) is 19.9. The Labute approximate surface area is 204 Å². The topological polar surface area (TPSA) is 74.0 Å². The average Bonchev–Trinajstić information content (AvgIpc) is 3.27. The van der Waals surface area contributed by atoms with E-state index >= 15 is 0 Å². The molecule has 3 heterocycles.